The van der Waals surface area contributed by atoms with Crippen LogP contribution < -0.4 is 0 Å². The Morgan fingerprint density at radius 2 is 1.53 bits per heavy atom. The van der Waals surface area contributed by atoms with Crippen LogP contribution in [0.1, 0.15) is 73.9 Å². The highest BCUT2D eigenvalue weighted by Gasteiger charge is 2.24. The highest BCUT2D eigenvalue weighted by atomic mass is 16.3. The van der Waals surface area contributed by atoms with E-state index < -0.39 is 0 Å². The summed E-state index contributed by atoms with van der Waals surface area (Å²) in [5.41, 5.74) is 6.75. The summed E-state index contributed by atoms with van der Waals surface area (Å²) >= 11 is 0. The number of hydrogen-bond donors (Lipinski definition) is 1. The Labute approximate surface area is 201 Å². The second-order valence-electron chi connectivity index (χ2n) is 9.24. The lowest BCUT2D eigenvalue weighted by Crippen LogP contribution is -2.05. The lowest BCUT2D eigenvalue weighted by atomic mass is 10.1. The summed E-state index contributed by atoms with van der Waals surface area (Å²) in [5, 5.41) is 32.9. The van der Waals surface area contributed by atoms with Crippen molar-refractivity contribution in [3.63, 3.8) is 0 Å². The fraction of sp³-hybridized carbons (Fsp3) is 0.444. The highest BCUT2D eigenvalue weighted by Crippen LogP contribution is 2.39. The SMILES string of the molecule is CCCCc1ccc(N=Nc2cc(C)c(N=Nc3c(C)nn(C4CCCC4)c3O)cc2C)cc1. The standard InChI is InChI=1S/C27H34N6O/c1-5-6-9-21-12-14-22(15-13-21)28-29-24-16-19(3)25(17-18(24)2)30-31-26-20(4)32-33(27(26)34)23-10-7-8-11-23/h12-17,23,34H,5-11H2,1-4H3. The Hall–Kier alpha value is -3.35. The van der Waals surface area contributed by atoms with Crippen LogP contribution in [0.3, 0.4) is 0 Å². The van der Waals surface area contributed by atoms with Crippen LogP contribution in [0.2, 0.25) is 0 Å². The van der Waals surface area contributed by atoms with Crippen molar-refractivity contribution in [2.45, 2.75) is 78.7 Å². The van der Waals surface area contributed by atoms with Crippen LogP contribution in [-0.2, 0) is 6.42 Å². The molecule has 3 aromatic rings. The van der Waals surface area contributed by atoms with Gasteiger partial charge in [-0.2, -0.15) is 20.4 Å². The van der Waals surface area contributed by atoms with Gasteiger partial charge in [-0.15, -0.1) is 5.11 Å². The van der Waals surface area contributed by atoms with Crippen molar-refractivity contribution in [3.05, 3.63) is 58.8 Å². The summed E-state index contributed by atoms with van der Waals surface area (Å²) in [4.78, 5) is 0. The molecule has 0 radical (unpaired) electrons. The van der Waals surface area contributed by atoms with E-state index in [0.29, 0.717) is 11.4 Å². The molecule has 7 heteroatoms. The van der Waals surface area contributed by atoms with Crippen LogP contribution in [0.15, 0.2) is 56.9 Å². The molecule has 1 saturated carbocycles. The smallest absolute Gasteiger partial charge is 0.238 e. The molecule has 0 amide bonds. The fourth-order valence-electron chi connectivity index (χ4n) is 4.37. The van der Waals surface area contributed by atoms with Crippen LogP contribution in [0.4, 0.5) is 22.7 Å². The number of benzene rings is 2. The molecule has 0 spiro atoms. The van der Waals surface area contributed by atoms with E-state index in [2.05, 4.69) is 44.6 Å². The Morgan fingerprint density at radius 3 is 2.15 bits per heavy atom. The average Bonchev–Trinajstić information content (AvgIpc) is 3.46. The maximum Gasteiger partial charge on any atom is 0.238 e. The first-order valence-corrected chi connectivity index (χ1v) is 12.3. The number of rotatable bonds is 8. The largest absolute Gasteiger partial charge is 0.492 e. The van der Waals surface area contributed by atoms with E-state index in [4.69, 9.17) is 0 Å². The van der Waals surface area contributed by atoms with Crippen molar-refractivity contribution < 1.29 is 5.11 Å². The van der Waals surface area contributed by atoms with Gasteiger partial charge in [-0.05, 0) is 87.4 Å². The summed E-state index contributed by atoms with van der Waals surface area (Å²) in [5.74, 6) is 0.105. The zero-order valence-electron chi connectivity index (χ0n) is 20.6. The third kappa shape index (κ3) is 5.41. The van der Waals surface area contributed by atoms with E-state index in [0.717, 1.165) is 47.5 Å². The first-order chi connectivity index (χ1) is 16.5. The topological polar surface area (TPSA) is 87.5 Å². The average molecular weight is 459 g/mol. The minimum atomic E-state index is 0.105. The first-order valence-electron chi connectivity index (χ1n) is 12.3. The van der Waals surface area contributed by atoms with Crippen molar-refractivity contribution in [3.8, 4) is 5.88 Å². The number of aryl methyl sites for hydroxylation is 4. The van der Waals surface area contributed by atoms with Gasteiger partial charge in [0.1, 0.15) is 0 Å². The predicted octanol–water partition coefficient (Wildman–Crippen LogP) is 8.80. The Balaban J connectivity index is 1.50. The molecular formula is C27H34N6O. The maximum atomic E-state index is 10.7. The molecular weight excluding hydrogens is 424 g/mol. The van der Waals surface area contributed by atoms with Crippen LogP contribution in [0.25, 0.3) is 0 Å². The quantitative estimate of drug-likeness (QED) is 0.342. The number of nitrogens with zero attached hydrogens (tertiary/aromatic N) is 6. The van der Waals surface area contributed by atoms with Crippen molar-refractivity contribution in [2.24, 2.45) is 20.5 Å². The van der Waals surface area contributed by atoms with Crippen LogP contribution in [-0.4, -0.2) is 14.9 Å². The normalized spacial score (nSPS) is 14.7. The van der Waals surface area contributed by atoms with E-state index in [1.165, 1.54) is 31.2 Å². The van der Waals surface area contributed by atoms with Gasteiger partial charge in [0, 0.05) is 0 Å². The van der Waals surface area contributed by atoms with Gasteiger partial charge in [0.25, 0.3) is 0 Å². The van der Waals surface area contributed by atoms with Crippen molar-refractivity contribution >= 4 is 22.7 Å². The lowest BCUT2D eigenvalue weighted by molar-refractivity contribution is 0.357. The molecule has 0 aliphatic heterocycles. The summed E-state index contributed by atoms with van der Waals surface area (Å²) in [7, 11) is 0. The number of azo groups is 2. The molecule has 1 aromatic heterocycles. The Morgan fingerprint density at radius 1 is 0.912 bits per heavy atom. The molecule has 0 bridgehead atoms. The monoisotopic (exact) mass is 458 g/mol. The second kappa shape index (κ2) is 10.7. The summed E-state index contributed by atoms with van der Waals surface area (Å²) in [6, 6.07) is 12.4. The third-order valence-electron chi connectivity index (χ3n) is 6.50. The zero-order valence-corrected chi connectivity index (χ0v) is 20.6. The minimum Gasteiger partial charge on any atom is -0.492 e. The number of aromatic nitrogens is 2. The molecule has 0 atom stereocenters. The highest BCUT2D eigenvalue weighted by molar-refractivity contribution is 5.59. The fourth-order valence-corrected chi connectivity index (χ4v) is 4.37. The van der Waals surface area contributed by atoms with Crippen molar-refractivity contribution in [2.75, 3.05) is 0 Å². The van der Waals surface area contributed by atoms with Gasteiger partial charge in [0.2, 0.25) is 5.88 Å². The number of unbranched alkanes of at least 4 members (excludes halogenated alkanes) is 1. The van der Waals surface area contributed by atoms with E-state index in [1.807, 2.05) is 45.0 Å². The van der Waals surface area contributed by atoms with E-state index in [1.54, 1.807) is 4.68 Å². The van der Waals surface area contributed by atoms with E-state index in [-0.39, 0.29) is 11.9 Å². The van der Waals surface area contributed by atoms with Crippen LogP contribution >= 0.6 is 0 Å². The minimum absolute atomic E-state index is 0.105. The van der Waals surface area contributed by atoms with E-state index in [9.17, 15) is 5.11 Å². The molecule has 1 N–H and O–H groups in total. The lowest BCUT2D eigenvalue weighted by Gasteiger charge is -2.10. The van der Waals surface area contributed by atoms with Crippen LogP contribution in [0.5, 0.6) is 5.88 Å². The van der Waals surface area contributed by atoms with Gasteiger partial charge in [0.05, 0.1) is 28.8 Å². The summed E-state index contributed by atoms with van der Waals surface area (Å²) in [6.45, 7) is 8.03. The first kappa shape index (κ1) is 23.8. The second-order valence-corrected chi connectivity index (χ2v) is 9.24. The third-order valence-corrected chi connectivity index (χ3v) is 6.50. The Kier molecular flexibility index (Phi) is 7.50. The molecule has 0 saturated heterocycles. The molecule has 1 aliphatic rings. The Bertz CT molecular complexity index is 1190. The van der Waals surface area contributed by atoms with Crippen LogP contribution in [0, 0.1) is 20.8 Å². The molecule has 4 rings (SSSR count). The van der Waals surface area contributed by atoms with Crippen molar-refractivity contribution in [1.82, 2.24) is 9.78 Å². The predicted molar refractivity (Wildman–Crippen MR) is 135 cm³/mol. The number of aromatic hydroxyl groups is 1. The maximum absolute atomic E-state index is 10.7. The zero-order chi connectivity index (χ0) is 24.1. The molecule has 1 aliphatic carbocycles. The molecule has 1 fully saturated rings. The molecule has 7 nitrogen and oxygen atoms in total. The number of hydrogen-bond acceptors (Lipinski definition) is 6. The molecule has 178 valence electrons. The van der Waals surface area contributed by atoms with E-state index >= 15 is 0 Å². The van der Waals surface area contributed by atoms with Gasteiger partial charge in [-0.1, -0.05) is 38.3 Å². The van der Waals surface area contributed by atoms with Gasteiger partial charge in [0.15, 0.2) is 5.69 Å². The molecule has 34 heavy (non-hydrogen) atoms. The van der Waals surface area contributed by atoms with Gasteiger partial charge in [-0.25, -0.2) is 4.68 Å². The van der Waals surface area contributed by atoms with Gasteiger partial charge < -0.3 is 5.11 Å². The molecule has 0 unspecified atom stereocenters. The summed E-state index contributed by atoms with van der Waals surface area (Å²) < 4.78 is 1.72. The van der Waals surface area contributed by atoms with Gasteiger partial charge in [-0.3, -0.25) is 0 Å². The van der Waals surface area contributed by atoms with Gasteiger partial charge >= 0.3 is 0 Å². The summed E-state index contributed by atoms with van der Waals surface area (Å²) in [6.07, 6.45) is 7.93. The molecule has 2 aromatic carbocycles. The van der Waals surface area contributed by atoms with Crippen molar-refractivity contribution in [1.29, 1.82) is 0 Å². The molecule has 1 heterocycles.